The van der Waals surface area contributed by atoms with Crippen LogP contribution in [0.2, 0.25) is 0 Å². The van der Waals surface area contributed by atoms with E-state index in [1.54, 1.807) is 0 Å². The first kappa shape index (κ1) is 12.9. The van der Waals surface area contributed by atoms with Crippen molar-refractivity contribution in [2.45, 2.75) is 37.3 Å². The van der Waals surface area contributed by atoms with Crippen molar-refractivity contribution in [2.24, 2.45) is 0 Å². The highest BCUT2D eigenvalue weighted by Gasteiger charge is 2.38. The fraction of sp³-hybridized carbons (Fsp3) is 1.00. The van der Waals surface area contributed by atoms with Gasteiger partial charge in [-0.25, -0.2) is 0 Å². The number of likely N-dealkylation sites (N-methyl/N-ethyl adjacent to an activating group) is 1. The molecule has 3 fully saturated rings. The van der Waals surface area contributed by atoms with E-state index in [0.717, 1.165) is 64.7 Å². The van der Waals surface area contributed by atoms with Gasteiger partial charge in [0.25, 0.3) is 0 Å². The van der Waals surface area contributed by atoms with E-state index < -0.39 is 5.60 Å². The van der Waals surface area contributed by atoms with Crippen LogP contribution in [0.3, 0.4) is 0 Å². The monoisotopic (exact) mass is 253 g/mol. The van der Waals surface area contributed by atoms with Crippen LogP contribution in [0.5, 0.6) is 0 Å². The first-order valence-corrected chi connectivity index (χ1v) is 7.52. The lowest BCUT2D eigenvalue weighted by atomic mass is 9.90. The van der Waals surface area contributed by atoms with E-state index in [4.69, 9.17) is 0 Å². The number of piperidine rings is 1. The predicted octanol–water partition coefficient (Wildman–Crippen LogP) is 0.223. The zero-order chi connectivity index (χ0) is 12.6. The highest BCUT2D eigenvalue weighted by molar-refractivity contribution is 4.94. The summed E-state index contributed by atoms with van der Waals surface area (Å²) in [7, 11) is 2.18. The van der Waals surface area contributed by atoms with E-state index in [-0.39, 0.29) is 0 Å². The third-order valence-corrected chi connectivity index (χ3v) is 4.91. The second kappa shape index (κ2) is 5.08. The highest BCUT2D eigenvalue weighted by atomic mass is 16.3. The topological polar surface area (TPSA) is 30.0 Å². The minimum atomic E-state index is -0.415. The van der Waals surface area contributed by atoms with Gasteiger partial charge in [-0.05, 0) is 32.7 Å². The lowest BCUT2D eigenvalue weighted by molar-refractivity contribution is -0.0526. The number of rotatable bonds is 3. The molecule has 4 heteroatoms. The molecule has 1 saturated carbocycles. The molecule has 0 unspecified atom stereocenters. The Labute approximate surface area is 111 Å². The van der Waals surface area contributed by atoms with Gasteiger partial charge in [-0.2, -0.15) is 0 Å². The summed E-state index contributed by atoms with van der Waals surface area (Å²) in [5, 5.41) is 10.7. The maximum absolute atomic E-state index is 10.7. The van der Waals surface area contributed by atoms with Gasteiger partial charge in [-0.1, -0.05) is 0 Å². The highest BCUT2D eigenvalue weighted by Crippen LogP contribution is 2.32. The fourth-order valence-corrected chi connectivity index (χ4v) is 3.33. The maximum atomic E-state index is 10.7. The third kappa shape index (κ3) is 3.05. The summed E-state index contributed by atoms with van der Waals surface area (Å²) in [6.07, 6.45) is 4.71. The minimum absolute atomic E-state index is 0.415. The fourth-order valence-electron chi connectivity index (χ4n) is 3.33. The summed E-state index contributed by atoms with van der Waals surface area (Å²) in [6.45, 7) is 7.62. The van der Waals surface area contributed by atoms with Gasteiger partial charge in [0.05, 0.1) is 5.60 Å². The zero-order valence-corrected chi connectivity index (χ0v) is 11.6. The Balaban J connectivity index is 1.46. The molecule has 0 atom stereocenters. The van der Waals surface area contributed by atoms with Gasteiger partial charge in [0.15, 0.2) is 0 Å². The average Bonchev–Trinajstić information content (AvgIpc) is 3.17. The Bertz CT molecular complexity index is 277. The molecule has 2 aliphatic heterocycles. The van der Waals surface area contributed by atoms with E-state index in [2.05, 4.69) is 21.7 Å². The van der Waals surface area contributed by atoms with Crippen LogP contribution in [-0.2, 0) is 0 Å². The van der Waals surface area contributed by atoms with Gasteiger partial charge in [0, 0.05) is 51.9 Å². The molecular formula is C14H27N3O. The lowest BCUT2D eigenvalue weighted by Gasteiger charge is -2.43. The Morgan fingerprint density at radius 2 is 1.61 bits per heavy atom. The molecule has 4 nitrogen and oxygen atoms in total. The van der Waals surface area contributed by atoms with Crippen molar-refractivity contribution in [1.29, 1.82) is 0 Å². The van der Waals surface area contributed by atoms with Crippen LogP contribution in [-0.4, -0.2) is 84.3 Å². The van der Waals surface area contributed by atoms with Crippen molar-refractivity contribution < 1.29 is 5.11 Å². The number of β-amino-alcohol motifs (C(OH)–C–C–N with tert-alkyl or cyclic N) is 1. The summed E-state index contributed by atoms with van der Waals surface area (Å²) in [5.41, 5.74) is -0.415. The third-order valence-electron chi connectivity index (χ3n) is 4.91. The summed E-state index contributed by atoms with van der Waals surface area (Å²) < 4.78 is 0. The summed E-state index contributed by atoms with van der Waals surface area (Å²) >= 11 is 0. The van der Waals surface area contributed by atoms with E-state index in [1.807, 2.05) is 0 Å². The molecule has 1 aliphatic carbocycles. The molecule has 0 bridgehead atoms. The van der Waals surface area contributed by atoms with Crippen LogP contribution >= 0.6 is 0 Å². The maximum Gasteiger partial charge on any atom is 0.0798 e. The van der Waals surface area contributed by atoms with Gasteiger partial charge in [0.1, 0.15) is 0 Å². The molecular weight excluding hydrogens is 226 g/mol. The predicted molar refractivity (Wildman–Crippen MR) is 72.7 cm³/mol. The molecule has 104 valence electrons. The summed E-state index contributed by atoms with van der Waals surface area (Å²) in [6, 6.07) is 0.859. The molecule has 2 heterocycles. The lowest BCUT2D eigenvalue weighted by Crippen LogP contribution is -2.54. The Morgan fingerprint density at radius 3 is 2.17 bits per heavy atom. The van der Waals surface area contributed by atoms with Crippen LogP contribution < -0.4 is 0 Å². The molecule has 0 aromatic rings. The minimum Gasteiger partial charge on any atom is -0.388 e. The van der Waals surface area contributed by atoms with Crippen LogP contribution in [0.25, 0.3) is 0 Å². The van der Waals surface area contributed by atoms with Crippen LogP contribution in [0.4, 0.5) is 0 Å². The van der Waals surface area contributed by atoms with E-state index in [0.29, 0.717) is 0 Å². The standard InChI is InChI=1S/C14H27N3O/c1-15-8-10-16(11-9-15)12-14(18)4-6-17(7-5-14)13-2-3-13/h13,18H,2-12H2,1H3. The second-order valence-electron chi connectivity index (χ2n) is 6.57. The van der Waals surface area contributed by atoms with Crippen molar-refractivity contribution >= 4 is 0 Å². The van der Waals surface area contributed by atoms with Crippen molar-refractivity contribution in [3.05, 3.63) is 0 Å². The number of piperazine rings is 1. The van der Waals surface area contributed by atoms with Crippen LogP contribution in [0.15, 0.2) is 0 Å². The summed E-state index contributed by atoms with van der Waals surface area (Å²) in [4.78, 5) is 7.40. The molecule has 0 aromatic carbocycles. The van der Waals surface area contributed by atoms with E-state index in [9.17, 15) is 5.11 Å². The SMILES string of the molecule is CN1CCN(CC2(O)CCN(C3CC3)CC2)CC1. The zero-order valence-electron chi connectivity index (χ0n) is 11.6. The normalized spacial score (nSPS) is 31.7. The number of nitrogens with zero attached hydrogens (tertiary/aromatic N) is 3. The number of hydrogen-bond acceptors (Lipinski definition) is 4. The molecule has 3 aliphatic rings. The van der Waals surface area contributed by atoms with Gasteiger partial charge in [-0.15, -0.1) is 0 Å². The molecule has 18 heavy (non-hydrogen) atoms. The van der Waals surface area contributed by atoms with Crippen molar-refractivity contribution in [2.75, 3.05) is 52.9 Å². The van der Waals surface area contributed by atoms with Crippen molar-refractivity contribution in [1.82, 2.24) is 14.7 Å². The first-order valence-electron chi connectivity index (χ1n) is 7.52. The molecule has 0 radical (unpaired) electrons. The van der Waals surface area contributed by atoms with Crippen LogP contribution in [0.1, 0.15) is 25.7 Å². The first-order chi connectivity index (χ1) is 8.65. The van der Waals surface area contributed by atoms with Gasteiger partial charge in [0.2, 0.25) is 0 Å². The smallest absolute Gasteiger partial charge is 0.0798 e. The molecule has 0 amide bonds. The largest absolute Gasteiger partial charge is 0.388 e. The van der Waals surface area contributed by atoms with Gasteiger partial charge < -0.3 is 14.9 Å². The summed E-state index contributed by atoms with van der Waals surface area (Å²) in [5.74, 6) is 0. The van der Waals surface area contributed by atoms with Gasteiger partial charge >= 0.3 is 0 Å². The van der Waals surface area contributed by atoms with Crippen molar-refractivity contribution in [3.63, 3.8) is 0 Å². The number of aliphatic hydroxyl groups is 1. The molecule has 2 saturated heterocycles. The van der Waals surface area contributed by atoms with Gasteiger partial charge in [-0.3, -0.25) is 4.90 Å². The quantitative estimate of drug-likeness (QED) is 0.779. The Kier molecular flexibility index (Phi) is 3.63. The second-order valence-corrected chi connectivity index (χ2v) is 6.57. The van der Waals surface area contributed by atoms with E-state index in [1.165, 1.54) is 12.8 Å². The van der Waals surface area contributed by atoms with Crippen molar-refractivity contribution in [3.8, 4) is 0 Å². The average molecular weight is 253 g/mol. The molecule has 0 spiro atoms. The molecule has 0 aromatic heterocycles. The van der Waals surface area contributed by atoms with Crippen LogP contribution in [0, 0.1) is 0 Å². The number of hydrogen-bond donors (Lipinski definition) is 1. The van der Waals surface area contributed by atoms with E-state index >= 15 is 0 Å². The molecule has 1 N–H and O–H groups in total. The molecule has 3 rings (SSSR count). The Hall–Kier alpha value is -0.160. The number of likely N-dealkylation sites (tertiary alicyclic amines) is 1. The Morgan fingerprint density at radius 1 is 1.00 bits per heavy atom.